The van der Waals surface area contributed by atoms with Crippen LogP contribution < -0.4 is 4.90 Å². The molecule has 1 amide bonds. The Morgan fingerprint density at radius 2 is 2.00 bits per heavy atom. The number of anilines is 1. The maximum Gasteiger partial charge on any atom is 0.249 e. The van der Waals surface area contributed by atoms with Crippen LogP contribution in [0.5, 0.6) is 0 Å². The fourth-order valence-electron chi connectivity index (χ4n) is 3.33. The summed E-state index contributed by atoms with van der Waals surface area (Å²) in [5.74, 6) is -0.0106. The van der Waals surface area contributed by atoms with Crippen molar-refractivity contribution in [3.8, 4) is 6.07 Å². The lowest BCUT2D eigenvalue weighted by atomic mass is 10.0. The van der Waals surface area contributed by atoms with Gasteiger partial charge in [-0.1, -0.05) is 20.8 Å². The predicted molar refractivity (Wildman–Crippen MR) is 134 cm³/mol. The van der Waals surface area contributed by atoms with E-state index in [1.165, 1.54) is 11.8 Å². The summed E-state index contributed by atoms with van der Waals surface area (Å²) in [6.07, 6.45) is 5.36. The van der Waals surface area contributed by atoms with Crippen LogP contribution in [0.3, 0.4) is 0 Å². The molecule has 172 valence electrons. The average molecular weight is 481 g/mol. The monoisotopic (exact) mass is 480 g/mol. The van der Waals surface area contributed by atoms with E-state index in [0.29, 0.717) is 11.4 Å². The summed E-state index contributed by atoms with van der Waals surface area (Å²) in [5.41, 5.74) is -0.00460. The zero-order valence-corrected chi connectivity index (χ0v) is 22.7. The number of aromatic nitrogens is 1. The van der Waals surface area contributed by atoms with Crippen LogP contribution in [-0.2, 0) is 9.22 Å². The molecule has 0 saturated carbocycles. The summed E-state index contributed by atoms with van der Waals surface area (Å²) in [7, 11) is -1.73. The molecule has 0 radical (unpaired) electrons. The Hall–Kier alpha value is -1.05. The van der Waals surface area contributed by atoms with Crippen molar-refractivity contribution >= 4 is 44.3 Å². The fraction of sp³-hybridized carbons (Fsp3) is 0.682. The second-order valence-electron chi connectivity index (χ2n) is 9.95. The Kier molecular flexibility index (Phi) is 8.31. The number of nitrogens with zero attached hydrogens (tertiary/aromatic N) is 4. The van der Waals surface area contributed by atoms with E-state index in [1.54, 1.807) is 11.1 Å². The van der Waals surface area contributed by atoms with E-state index in [0.717, 1.165) is 30.9 Å². The molecule has 1 aliphatic heterocycles. The molecule has 1 aromatic heterocycles. The van der Waals surface area contributed by atoms with Gasteiger partial charge in [-0.25, -0.2) is 4.98 Å². The summed E-state index contributed by atoms with van der Waals surface area (Å²) in [5, 5.41) is 9.44. The quantitative estimate of drug-likeness (QED) is 0.241. The van der Waals surface area contributed by atoms with Gasteiger partial charge in [-0.15, -0.1) is 24.4 Å². The summed E-state index contributed by atoms with van der Waals surface area (Å²) in [6.45, 7) is 16.7. The minimum Gasteiger partial charge on any atom is -0.417 e. The second-order valence-corrected chi connectivity index (χ2v) is 16.1. The lowest BCUT2D eigenvalue weighted by Crippen LogP contribution is -2.45. The summed E-state index contributed by atoms with van der Waals surface area (Å²) in [4.78, 5) is 22.1. The van der Waals surface area contributed by atoms with Crippen molar-refractivity contribution < 1.29 is 9.22 Å². The van der Waals surface area contributed by atoms with Gasteiger partial charge in [0.1, 0.15) is 11.6 Å². The molecular formula is C22H36N4O2S2Si. The van der Waals surface area contributed by atoms with Gasteiger partial charge >= 0.3 is 0 Å². The molecule has 0 N–H and O–H groups in total. The third kappa shape index (κ3) is 5.48. The molecule has 1 aromatic rings. The highest BCUT2D eigenvalue weighted by Crippen LogP contribution is 2.38. The van der Waals surface area contributed by atoms with Gasteiger partial charge < -0.3 is 4.43 Å². The molecular weight excluding hydrogens is 444 g/mol. The van der Waals surface area contributed by atoms with Crippen molar-refractivity contribution in [2.45, 2.75) is 81.5 Å². The van der Waals surface area contributed by atoms with Crippen molar-refractivity contribution in [1.29, 1.82) is 5.26 Å². The van der Waals surface area contributed by atoms with Crippen LogP contribution in [-0.4, -0.2) is 54.6 Å². The van der Waals surface area contributed by atoms with E-state index in [2.05, 4.69) is 49.8 Å². The topological polar surface area (TPSA) is 69.5 Å². The molecule has 0 aromatic carbocycles. The molecule has 2 heterocycles. The molecule has 0 spiro atoms. The molecule has 6 nitrogen and oxygen atoms in total. The molecule has 2 rings (SSSR count). The Bertz CT molecular complexity index is 849. The third-order valence-electron chi connectivity index (χ3n) is 6.47. The standard InChI is InChI=1S/C22H36N4O2S2Si/c1-21(2,3)31(7,8)28-12-10-9-11-25-20(29)26(19(27)22(25,4)5)16-13-18(30-6)17(14-23)24-15-16/h13,15,20,29H,9-12H2,1-8H3. The SMILES string of the molecule is CSc1cc(N2C(=O)C(C)(C)N(CCCCO[Si](C)(C)C(C)(C)C)C2S)cnc1C#N. The first kappa shape index (κ1) is 26.2. The smallest absolute Gasteiger partial charge is 0.249 e. The second kappa shape index (κ2) is 9.83. The minimum absolute atomic E-state index is 0.0106. The van der Waals surface area contributed by atoms with E-state index in [1.807, 2.05) is 26.2 Å². The number of hydrogen-bond donors (Lipinski definition) is 1. The number of carbonyl (C=O) groups is 1. The van der Waals surface area contributed by atoms with E-state index < -0.39 is 13.9 Å². The summed E-state index contributed by atoms with van der Waals surface area (Å²) >= 11 is 6.24. The Labute approximate surface area is 198 Å². The number of carbonyl (C=O) groups excluding carboxylic acids is 1. The zero-order valence-electron chi connectivity index (χ0n) is 20.0. The highest BCUT2D eigenvalue weighted by Gasteiger charge is 2.50. The van der Waals surface area contributed by atoms with Crippen LogP contribution in [0.4, 0.5) is 5.69 Å². The summed E-state index contributed by atoms with van der Waals surface area (Å²) in [6, 6.07) is 3.95. The van der Waals surface area contributed by atoms with Gasteiger partial charge in [-0.3, -0.25) is 14.6 Å². The van der Waals surface area contributed by atoms with Crippen LogP contribution in [0.1, 0.15) is 53.2 Å². The number of thioether (sulfide) groups is 1. The number of amides is 1. The van der Waals surface area contributed by atoms with Crippen LogP contribution in [0.15, 0.2) is 17.2 Å². The maximum absolute atomic E-state index is 13.2. The van der Waals surface area contributed by atoms with Gasteiger partial charge in [0.15, 0.2) is 14.0 Å². The minimum atomic E-state index is -1.73. The van der Waals surface area contributed by atoms with Crippen LogP contribution >= 0.6 is 24.4 Å². The lowest BCUT2D eigenvalue weighted by molar-refractivity contribution is -0.123. The highest BCUT2D eigenvalue weighted by atomic mass is 32.2. The van der Waals surface area contributed by atoms with E-state index in [9.17, 15) is 10.1 Å². The number of rotatable bonds is 8. The van der Waals surface area contributed by atoms with Crippen molar-refractivity contribution in [2.75, 3.05) is 24.3 Å². The van der Waals surface area contributed by atoms with Gasteiger partial charge in [0, 0.05) is 18.0 Å². The van der Waals surface area contributed by atoms with Crippen LogP contribution in [0.2, 0.25) is 18.1 Å². The normalized spacial score (nSPS) is 19.7. The van der Waals surface area contributed by atoms with Crippen molar-refractivity contribution in [3.05, 3.63) is 18.0 Å². The predicted octanol–water partition coefficient (Wildman–Crippen LogP) is 5.12. The Morgan fingerprint density at radius 1 is 1.35 bits per heavy atom. The van der Waals surface area contributed by atoms with Crippen molar-refractivity contribution in [1.82, 2.24) is 9.88 Å². The first-order chi connectivity index (χ1) is 14.3. The molecule has 1 atom stereocenters. The summed E-state index contributed by atoms with van der Waals surface area (Å²) < 4.78 is 6.28. The molecule has 1 saturated heterocycles. The lowest BCUT2D eigenvalue weighted by Gasteiger charge is -2.36. The highest BCUT2D eigenvalue weighted by molar-refractivity contribution is 7.98. The number of nitriles is 1. The number of thiol groups is 1. The first-order valence-electron chi connectivity index (χ1n) is 10.6. The van der Waals surface area contributed by atoms with Gasteiger partial charge in [0.05, 0.1) is 17.4 Å². The van der Waals surface area contributed by atoms with E-state index in [4.69, 9.17) is 17.1 Å². The average Bonchev–Trinajstić information content (AvgIpc) is 2.85. The third-order valence-corrected chi connectivity index (χ3v) is 12.3. The zero-order chi connectivity index (χ0) is 23.6. The van der Waals surface area contributed by atoms with Gasteiger partial charge in [-0.05, 0) is 57.1 Å². The molecule has 0 aliphatic carbocycles. The number of unbranched alkanes of at least 4 members (excludes halogenated alkanes) is 1. The van der Waals surface area contributed by atoms with Crippen molar-refractivity contribution in [2.24, 2.45) is 0 Å². The largest absolute Gasteiger partial charge is 0.417 e. The van der Waals surface area contributed by atoms with E-state index in [-0.39, 0.29) is 16.4 Å². The molecule has 0 bridgehead atoms. The maximum atomic E-state index is 13.2. The first-order valence-corrected chi connectivity index (χ1v) is 15.3. The van der Waals surface area contributed by atoms with Gasteiger partial charge in [0.25, 0.3) is 0 Å². The molecule has 1 fully saturated rings. The molecule has 1 unspecified atom stereocenters. The Balaban J connectivity index is 2.06. The van der Waals surface area contributed by atoms with Gasteiger partial charge in [-0.2, -0.15) is 5.26 Å². The molecule has 31 heavy (non-hydrogen) atoms. The molecule has 9 heteroatoms. The van der Waals surface area contributed by atoms with E-state index >= 15 is 0 Å². The number of pyridine rings is 1. The number of hydrogen-bond acceptors (Lipinski definition) is 7. The van der Waals surface area contributed by atoms with Gasteiger partial charge in [0.2, 0.25) is 5.91 Å². The Morgan fingerprint density at radius 3 is 2.55 bits per heavy atom. The van der Waals surface area contributed by atoms with Crippen LogP contribution in [0, 0.1) is 11.3 Å². The fourth-order valence-corrected chi connectivity index (χ4v) is 5.59. The molecule has 1 aliphatic rings. The van der Waals surface area contributed by atoms with Crippen molar-refractivity contribution in [3.63, 3.8) is 0 Å². The van der Waals surface area contributed by atoms with Crippen LogP contribution in [0.25, 0.3) is 0 Å².